The lowest BCUT2D eigenvalue weighted by atomic mass is 10.1. The van der Waals surface area contributed by atoms with E-state index in [1.54, 1.807) is 6.92 Å². The van der Waals surface area contributed by atoms with Crippen LogP contribution in [0.1, 0.15) is 17.3 Å². The third-order valence-electron chi connectivity index (χ3n) is 2.45. The van der Waals surface area contributed by atoms with E-state index in [0.717, 1.165) is 0 Å². The summed E-state index contributed by atoms with van der Waals surface area (Å²) >= 11 is 5.71. The van der Waals surface area contributed by atoms with Crippen molar-refractivity contribution < 1.29 is 19.4 Å². The first kappa shape index (κ1) is 16.0. The minimum atomic E-state index is -0.517. The molecule has 5 nitrogen and oxygen atoms in total. The molecule has 0 aliphatic heterocycles. The summed E-state index contributed by atoms with van der Waals surface area (Å²) in [7, 11) is 0. The minimum absolute atomic E-state index is 0.0700. The lowest BCUT2D eigenvalue weighted by Gasteiger charge is -2.20. The van der Waals surface area contributed by atoms with Gasteiger partial charge in [-0.1, -0.05) is 17.7 Å². The van der Waals surface area contributed by atoms with E-state index >= 15 is 0 Å². The van der Waals surface area contributed by atoms with Crippen molar-refractivity contribution >= 4 is 23.5 Å². The maximum atomic E-state index is 12.3. The monoisotopic (exact) mass is 297 g/mol. The van der Waals surface area contributed by atoms with Crippen molar-refractivity contribution in [2.24, 2.45) is 0 Å². The van der Waals surface area contributed by atoms with E-state index in [9.17, 15) is 14.7 Å². The van der Waals surface area contributed by atoms with Crippen molar-refractivity contribution in [3.8, 4) is 5.75 Å². The van der Waals surface area contributed by atoms with Gasteiger partial charge in [0, 0.05) is 11.6 Å². The smallest absolute Gasteiger partial charge is 0.325 e. The summed E-state index contributed by atoms with van der Waals surface area (Å²) in [5, 5.41) is 10.1. The van der Waals surface area contributed by atoms with Crippen molar-refractivity contribution in [2.45, 2.75) is 6.92 Å². The highest BCUT2D eigenvalue weighted by Gasteiger charge is 2.21. The SMILES string of the molecule is C=CCN(CC(=O)OCC)C(=O)c1ccc(Cl)cc1O. The predicted molar refractivity (Wildman–Crippen MR) is 75.9 cm³/mol. The quantitative estimate of drug-likeness (QED) is 0.646. The first-order valence-corrected chi connectivity index (χ1v) is 6.41. The normalized spacial score (nSPS) is 9.90. The molecule has 0 fully saturated rings. The molecule has 1 rings (SSSR count). The van der Waals surface area contributed by atoms with Crippen molar-refractivity contribution in [3.05, 3.63) is 41.4 Å². The summed E-state index contributed by atoms with van der Waals surface area (Å²) in [6.07, 6.45) is 1.49. The Balaban J connectivity index is 2.93. The summed E-state index contributed by atoms with van der Waals surface area (Å²) in [4.78, 5) is 25.0. The number of nitrogens with zero attached hydrogens (tertiary/aromatic N) is 1. The van der Waals surface area contributed by atoms with Crippen LogP contribution in [0.3, 0.4) is 0 Å². The molecule has 1 aromatic rings. The van der Waals surface area contributed by atoms with E-state index in [1.165, 1.54) is 29.2 Å². The molecule has 0 saturated heterocycles. The number of benzene rings is 1. The molecule has 0 aromatic heterocycles. The Morgan fingerprint density at radius 1 is 1.50 bits per heavy atom. The van der Waals surface area contributed by atoms with Crippen LogP contribution in [0.4, 0.5) is 0 Å². The van der Waals surface area contributed by atoms with E-state index in [0.29, 0.717) is 5.02 Å². The van der Waals surface area contributed by atoms with Crippen molar-refractivity contribution in [2.75, 3.05) is 19.7 Å². The molecule has 108 valence electrons. The summed E-state index contributed by atoms with van der Waals surface area (Å²) in [6.45, 7) is 5.42. The predicted octanol–water partition coefficient (Wildman–Crippen LogP) is 2.24. The van der Waals surface area contributed by atoms with Crippen LogP contribution in [0.5, 0.6) is 5.75 Å². The van der Waals surface area contributed by atoms with Gasteiger partial charge in [-0.15, -0.1) is 6.58 Å². The van der Waals surface area contributed by atoms with Crippen LogP contribution in [-0.2, 0) is 9.53 Å². The molecule has 0 aliphatic carbocycles. The van der Waals surface area contributed by atoms with Gasteiger partial charge >= 0.3 is 5.97 Å². The highest BCUT2D eigenvalue weighted by atomic mass is 35.5. The Kier molecular flexibility index (Phi) is 6.06. The number of halogens is 1. The molecule has 0 spiro atoms. The molecule has 0 bridgehead atoms. The fourth-order valence-electron chi connectivity index (χ4n) is 1.59. The molecule has 0 aliphatic rings. The average molecular weight is 298 g/mol. The highest BCUT2D eigenvalue weighted by molar-refractivity contribution is 6.30. The van der Waals surface area contributed by atoms with Crippen molar-refractivity contribution in [1.29, 1.82) is 0 Å². The average Bonchev–Trinajstić information content (AvgIpc) is 2.38. The second kappa shape index (κ2) is 7.55. The Morgan fingerprint density at radius 2 is 2.20 bits per heavy atom. The van der Waals surface area contributed by atoms with Gasteiger partial charge in [-0.2, -0.15) is 0 Å². The van der Waals surface area contributed by atoms with Crippen molar-refractivity contribution in [3.63, 3.8) is 0 Å². The number of carbonyl (C=O) groups is 2. The third kappa shape index (κ3) is 4.28. The Bertz CT molecular complexity index is 516. The number of hydrogen-bond donors (Lipinski definition) is 1. The minimum Gasteiger partial charge on any atom is -0.507 e. The molecule has 0 heterocycles. The van der Waals surface area contributed by atoms with E-state index < -0.39 is 11.9 Å². The molecule has 0 radical (unpaired) electrons. The molecule has 1 aromatic carbocycles. The van der Waals surface area contributed by atoms with Gasteiger partial charge in [-0.05, 0) is 25.1 Å². The van der Waals surface area contributed by atoms with Gasteiger partial charge in [-0.25, -0.2) is 0 Å². The molecule has 6 heteroatoms. The third-order valence-corrected chi connectivity index (χ3v) is 2.69. The van der Waals surface area contributed by atoms with Crippen LogP contribution in [0.25, 0.3) is 0 Å². The van der Waals surface area contributed by atoms with Gasteiger partial charge in [0.2, 0.25) is 0 Å². The zero-order valence-corrected chi connectivity index (χ0v) is 11.9. The Hall–Kier alpha value is -2.01. The lowest BCUT2D eigenvalue weighted by Crippen LogP contribution is -2.36. The number of hydrogen-bond acceptors (Lipinski definition) is 4. The number of esters is 1. The van der Waals surface area contributed by atoms with Gasteiger partial charge in [0.15, 0.2) is 0 Å². The summed E-state index contributed by atoms with van der Waals surface area (Å²) in [6, 6.07) is 4.16. The second-order valence-corrected chi connectivity index (χ2v) is 4.38. The molecule has 0 saturated carbocycles. The maximum absolute atomic E-state index is 12.3. The number of carbonyl (C=O) groups excluding carboxylic acids is 2. The first-order chi connectivity index (χ1) is 9.49. The van der Waals surface area contributed by atoms with Gasteiger partial charge in [-0.3, -0.25) is 9.59 Å². The van der Waals surface area contributed by atoms with Crippen LogP contribution in [0, 0.1) is 0 Å². The zero-order valence-electron chi connectivity index (χ0n) is 11.1. The highest BCUT2D eigenvalue weighted by Crippen LogP contribution is 2.23. The Morgan fingerprint density at radius 3 is 2.75 bits per heavy atom. The molecular weight excluding hydrogens is 282 g/mol. The Labute approximate surface area is 122 Å². The largest absolute Gasteiger partial charge is 0.507 e. The zero-order chi connectivity index (χ0) is 15.1. The topological polar surface area (TPSA) is 66.8 Å². The van der Waals surface area contributed by atoms with Gasteiger partial charge in [0.1, 0.15) is 12.3 Å². The van der Waals surface area contributed by atoms with Gasteiger partial charge < -0.3 is 14.7 Å². The summed E-state index contributed by atoms with van der Waals surface area (Å²) < 4.78 is 4.80. The second-order valence-electron chi connectivity index (χ2n) is 3.94. The van der Waals surface area contributed by atoms with Crippen LogP contribution in [-0.4, -0.2) is 41.6 Å². The number of phenols is 1. The lowest BCUT2D eigenvalue weighted by molar-refractivity contribution is -0.143. The summed E-state index contributed by atoms with van der Waals surface area (Å²) in [5.74, 6) is -1.25. The molecule has 0 unspecified atom stereocenters. The number of aromatic hydroxyl groups is 1. The van der Waals surface area contributed by atoms with Gasteiger partial charge in [0.25, 0.3) is 5.91 Å². The van der Waals surface area contributed by atoms with E-state index in [2.05, 4.69) is 6.58 Å². The fourth-order valence-corrected chi connectivity index (χ4v) is 1.76. The maximum Gasteiger partial charge on any atom is 0.325 e. The van der Waals surface area contributed by atoms with E-state index in [-0.39, 0.29) is 31.0 Å². The van der Waals surface area contributed by atoms with E-state index in [4.69, 9.17) is 16.3 Å². The molecule has 20 heavy (non-hydrogen) atoms. The molecule has 1 N–H and O–H groups in total. The molecular formula is C14H16ClNO4. The van der Waals surface area contributed by atoms with Crippen LogP contribution in [0.2, 0.25) is 5.02 Å². The number of ether oxygens (including phenoxy) is 1. The number of phenolic OH excluding ortho intramolecular Hbond substituents is 1. The van der Waals surface area contributed by atoms with Crippen molar-refractivity contribution in [1.82, 2.24) is 4.90 Å². The number of amides is 1. The molecule has 1 amide bonds. The summed E-state index contributed by atoms with van der Waals surface area (Å²) in [5.41, 5.74) is 0.0700. The fraction of sp³-hybridized carbons (Fsp3) is 0.286. The van der Waals surface area contributed by atoms with E-state index in [1.807, 2.05) is 0 Å². The van der Waals surface area contributed by atoms with Crippen LogP contribution >= 0.6 is 11.6 Å². The first-order valence-electron chi connectivity index (χ1n) is 6.03. The standard InChI is InChI=1S/C14H16ClNO4/c1-3-7-16(9-13(18)20-4-2)14(19)11-6-5-10(15)8-12(11)17/h3,5-6,8,17H,1,4,7,9H2,2H3. The van der Waals surface area contributed by atoms with Gasteiger partial charge in [0.05, 0.1) is 12.2 Å². The number of rotatable bonds is 6. The van der Waals surface area contributed by atoms with Crippen LogP contribution in [0.15, 0.2) is 30.9 Å². The molecule has 0 atom stereocenters. The van der Waals surface area contributed by atoms with Crippen LogP contribution < -0.4 is 0 Å².